The van der Waals surface area contributed by atoms with E-state index < -0.39 is 30.3 Å². The van der Waals surface area contributed by atoms with Gasteiger partial charge in [0, 0.05) is 31.1 Å². The lowest BCUT2D eigenvalue weighted by Gasteiger charge is -2.43. The normalized spacial score (nSPS) is 20.8. The number of likely N-dealkylation sites (tertiary alicyclic amines) is 1. The fourth-order valence-corrected chi connectivity index (χ4v) is 8.55. The topological polar surface area (TPSA) is 91.3 Å². The van der Waals surface area contributed by atoms with Crippen molar-refractivity contribution in [3.8, 4) is 11.1 Å². The number of alkyl halides is 3. The Kier molecular flexibility index (Phi) is 18.9. The van der Waals surface area contributed by atoms with Gasteiger partial charge in [-0.3, -0.25) is 9.59 Å². The highest BCUT2D eigenvalue weighted by molar-refractivity contribution is 5.90. The maximum absolute atomic E-state index is 13.1. The van der Waals surface area contributed by atoms with Crippen LogP contribution in [0.5, 0.6) is 0 Å². The third-order valence-corrected chi connectivity index (χ3v) is 12.2. The third-order valence-electron chi connectivity index (χ3n) is 12.2. The molecule has 3 aromatic rings. The van der Waals surface area contributed by atoms with Gasteiger partial charge < -0.3 is 29.7 Å². The van der Waals surface area contributed by atoms with Crippen molar-refractivity contribution >= 4 is 11.8 Å². The summed E-state index contributed by atoms with van der Waals surface area (Å²) < 4.78 is 53.1. The van der Waals surface area contributed by atoms with Gasteiger partial charge in [0.15, 0.2) is 6.29 Å². The molecule has 2 heterocycles. The number of ether oxygens (including phenoxy) is 2. The van der Waals surface area contributed by atoms with Gasteiger partial charge in [0.2, 0.25) is 5.91 Å². The van der Waals surface area contributed by atoms with Crippen LogP contribution in [0.1, 0.15) is 145 Å². The number of nitrogens with one attached hydrogen (secondary N) is 1. The average molecular weight is 836 g/mol. The number of hydrogen-bond donors (Lipinski definition) is 2. The van der Waals surface area contributed by atoms with Gasteiger partial charge in [-0.05, 0) is 72.7 Å². The molecular weight excluding hydrogens is 768 g/mol. The quantitative estimate of drug-likeness (QED) is 0.0925. The van der Waals surface area contributed by atoms with Crippen LogP contribution in [0, 0.1) is 5.92 Å². The average Bonchev–Trinajstić information content (AvgIpc) is 3.75. The van der Waals surface area contributed by atoms with E-state index in [1.165, 1.54) is 77.0 Å². The van der Waals surface area contributed by atoms with Crippen LogP contribution in [0.2, 0.25) is 0 Å². The van der Waals surface area contributed by atoms with Crippen molar-refractivity contribution in [3.63, 3.8) is 0 Å². The number of aliphatic hydroxyl groups is 1. The van der Waals surface area contributed by atoms with E-state index in [9.17, 15) is 27.9 Å². The molecule has 2 saturated heterocycles. The van der Waals surface area contributed by atoms with Gasteiger partial charge in [-0.1, -0.05) is 152 Å². The molecule has 5 rings (SSSR count). The van der Waals surface area contributed by atoms with E-state index in [0.717, 1.165) is 53.0 Å². The number of rotatable bonds is 23. The maximum Gasteiger partial charge on any atom is 0.471 e. The van der Waals surface area contributed by atoms with Crippen molar-refractivity contribution in [2.45, 2.75) is 155 Å². The molecule has 0 bridgehead atoms. The molecule has 2 aliphatic rings. The van der Waals surface area contributed by atoms with Crippen molar-refractivity contribution < 1.29 is 37.3 Å². The monoisotopic (exact) mass is 836 g/mol. The van der Waals surface area contributed by atoms with E-state index in [1.807, 2.05) is 60.7 Å². The van der Waals surface area contributed by atoms with Gasteiger partial charge in [-0.2, -0.15) is 13.2 Å². The first-order valence-electron chi connectivity index (χ1n) is 22.6. The predicted molar refractivity (Wildman–Crippen MR) is 231 cm³/mol. The van der Waals surface area contributed by atoms with Crippen molar-refractivity contribution in [2.75, 3.05) is 26.2 Å². The molecule has 2 amide bonds. The zero-order chi connectivity index (χ0) is 42.9. The second kappa shape index (κ2) is 24.0. The van der Waals surface area contributed by atoms with Crippen LogP contribution >= 0.6 is 0 Å². The van der Waals surface area contributed by atoms with Gasteiger partial charge in [0.05, 0.1) is 18.8 Å². The molecule has 60 heavy (non-hydrogen) atoms. The Morgan fingerprint density at radius 2 is 1.40 bits per heavy atom. The van der Waals surface area contributed by atoms with Crippen LogP contribution in [-0.2, 0) is 32.2 Å². The van der Waals surface area contributed by atoms with E-state index in [4.69, 9.17) is 9.47 Å². The third kappa shape index (κ3) is 13.9. The van der Waals surface area contributed by atoms with Crippen molar-refractivity contribution in [1.29, 1.82) is 0 Å². The lowest BCUT2D eigenvalue weighted by Crippen LogP contribution is -2.50. The number of hydrogen-bond acceptors (Lipinski definition) is 6. The molecule has 330 valence electrons. The van der Waals surface area contributed by atoms with Gasteiger partial charge >= 0.3 is 12.1 Å². The standard InChI is InChI=1S/C49H68F3N3O5/c1-4-6-8-10-12-14-29-54(30-15-13-11-9-7-5-2)34-44-36(3)45(40-23-21-37(35-56)22-24-40)60-47(59-44)41-27-25-39(26-28-41)42-19-16-18-38(32-42)33-53-46(57)43-20-17-31-55(43)48(58)49(50,51)52/h16,18-19,21-28,32,36,43-45,47,56H,4-15,17,20,29-31,33-35H2,1-3H3,(H,53,57)/t36-,43+,44+,45+,47+/m1/s1. The molecule has 0 aliphatic carbocycles. The minimum absolute atomic E-state index is 0.0157. The summed E-state index contributed by atoms with van der Waals surface area (Å²) in [5.74, 6) is -2.47. The minimum Gasteiger partial charge on any atom is -0.392 e. The Bertz CT molecular complexity index is 1720. The summed E-state index contributed by atoms with van der Waals surface area (Å²) in [6.07, 6.45) is 9.78. The lowest BCUT2D eigenvalue weighted by atomic mass is 9.89. The first kappa shape index (κ1) is 47.3. The summed E-state index contributed by atoms with van der Waals surface area (Å²) in [5, 5.41) is 12.5. The molecule has 0 unspecified atom stereocenters. The molecule has 0 saturated carbocycles. The van der Waals surface area contributed by atoms with Crippen molar-refractivity contribution in [1.82, 2.24) is 15.1 Å². The Hall–Kier alpha value is -3.77. The Morgan fingerprint density at radius 1 is 0.783 bits per heavy atom. The summed E-state index contributed by atoms with van der Waals surface area (Å²) in [6.45, 7) is 9.70. The number of aliphatic hydroxyl groups excluding tert-OH is 1. The molecule has 11 heteroatoms. The second-order valence-corrected chi connectivity index (χ2v) is 16.9. The van der Waals surface area contributed by atoms with E-state index >= 15 is 0 Å². The van der Waals surface area contributed by atoms with Crippen LogP contribution in [0.4, 0.5) is 13.2 Å². The summed E-state index contributed by atoms with van der Waals surface area (Å²) in [7, 11) is 0. The summed E-state index contributed by atoms with van der Waals surface area (Å²) in [6, 6.07) is 22.7. The highest BCUT2D eigenvalue weighted by Crippen LogP contribution is 2.42. The molecule has 5 atom stereocenters. The molecule has 2 fully saturated rings. The number of amides is 2. The molecular formula is C49H68F3N3O5. The smallest absolute Gasteiger partial charge is 0.392 e. The zero-order valence-electron chi connectivity index (χ0n) is 36.1. The van der Waals surface area contributed by atoms with Crippen LogP contribution in [0.3, 0.4) is 0 Å². The van der Waals surface area contributed by atoms with Crippen molar-refractivity contribution in [2.24, 2.45) is 5.92 Å². The molecule has 0 spiro atoms. The first-order valence-corrected chi connectivity index (χ1v) is 22.6. The highest BCUT2D eigenvalue weighted by Gasteiger charge is 2.47. The van der Waals surface area contributed by atoms with Crippen LogP contribution in [-0.4, -0.2) is 71.2 Å². The largest absolute Gasteiger partial charge is 0.471 e. The minimum atomic E-state index is -5.02. The van der Waals surface area contributed by atoms with Gasteiger partial charge in [0.25, 0.3) is 0 Å². The van der Waals surface area contributed by atoms with E-state index in [0.29, 0.717) is 11.3 Å². The molecule has 3 aromatic carbocycles. The summed E-state index contributed by atoms with van der Waals surface area (Å²) >= 11 is 0. The highest BCUT2D eigenvalue weighted by atomic mass is 19.4. The van der Waals surface area contributed by atoms with Crippen LogP contribution in [0.15, 0.2) is 72.8 Å². The van der Waals surface area contributed by atoms with E-state index in [1.54, 1.807) is 0 Å². The molecule has 0 aromatic heterocycles. The Balaban J connectivity index is 1.28. The van der Waals surface area contributed by atoms with Crippen LogP contribution < -0.4 is 5.32 Å². The Labute approximate surface area is 356 Å². The second-order valence-electron chi connectivity index (χ2n) is 16.9. The van der Waals surface area contributed by atoms with Gasteiger partial charge in [0.1, 0.15) is 6.04 Å². The Morgan fingerprint density at radius 3 is 2.02 bits per heavy atom. The summed E-state index contributed by atoms with van der Waals surface area (Å²) in [4.78, 5) is 28.1. The lowest BCUT2D eigenvalue weighted by molar-refractivity contribution is -0.276. The molecule has 8 nitrogen and oxygen atoms in total. The number of halogens is 3. The van der Waals surface area contributed by atoms with E-state index in [-0.39, 0.29) is 44.2 Å². The van der Waals surface area contributed by atoms with Crippen molar-refractivity contribution in [3.05, 3.63) is 95.1 Å². The zero-order valence-corrected chi connectivity index (χ0v) is 36.1. The maximum atomic E-state index is 13.1. The van der Waals surface area contributed by atoms with Gasteiger partial charge in [-0.25, -0.2) is 0 Å². The fourth-order valence-electron chi connectivity index (χ4n) is 8.55. The number of carbonyl (C=O) groups excluding carboxylic acids is 2. The number of nitrogens with zero attached hydrogens (tertiary/aromatic N) is 2. The molecule has 2 N–H and O–H groups in total. The fraction of sp³-hybridized carbons (Fsp3) is 0.592. The SMILES string of the molecule is CCCCCCCCN(CCCCCCCC)C[C@@H]1O[C@H](c2ccc(-c3cccc(CNC(=O)[C@@H]4CCCN4C(=O)C(F)(F)F)c3)cc2)O[C@H](c2ccc(CO)cc2)[C@@H]1C. The number of benzene rings is 3. The number of unbranched alkanes of at least 4 members (excludes halogenated alkanes) is 10. The molecule has 0 radical (unpaired) electrons. The predicted octanol–water partition coefficient (Wildman–Crippen LogP) is 10.8. The van der Waals surface area contributed by atoms with Gasteiger partial charge in [-0.15, -0.1) is 0 Å². The summed E-state index contributed by atoms with van der Waals surface area (Å²) in [5.41, 5.74) is 5.48. The molecule has 2 aliphatic heterocycles. The first-order chi connectivity index (χ1) is 29.0. The van der Waals surface area contributed by atoms with Crippen LogP contribution in [0.25, 0.3) is 11.1 Å². The number of carbonyl (C=O) groups is 2. The van der Waals surface area contributed by atoms with E-state index in [2.05, 4.69) is 43.1 Å².